The lowest BCUT2D eigenvalue weighted by Gasteiger charge is -2.03. The predicted octanol–water partition coefficient (Wildman–Crippen LogP) is 3.24. The highest BCUT2D eigenvalue weighted by Crippen LogP contribution is 2.21. The maximum absolute atomic E-state index is 12.2. The van der Waals surface area contributed by atoms with Crippen LogP contribution < -0.4 is 0 Å². The molecule has 2 heterocycles. The number of Topliss-reactive ketones (excluding diaryl/α,β-unsaturated/α-hetero) is 1. The van der Waals surface area contributed by atoms with E-state index in [0.29, 0.717) is 4.88 Å². The molecule has 0 saturated heterocycles. The van der Waals surface area contributed by atoms with Gasteiger partial charge in [0.2, 0.25) is 0 Å². The Labute approximate surface area is 118 Å². The Morgan fingerprint density at radius 3 is 2.83 bits per heavy atom. The van der Waals surface area contributed by atoms with Crippen LogP contribution in [0.1, 0.15) is 40.8 Å². The lowest BCUT2D eigenvalue weighted by molar-refractivity contribution is 0.0994. The van der Waals surface area contributed by atoms with E-state index < -0.39 is 0 Å². The minimum absolute atomic E-state index is 0.0310. The van der Waals surface area contributed by atoms with E-state index in [1.54, 1.807) is 6.20 Å². The van der Waals surface area contributed by atoms with E-state index in [9.17, 15) is 4.79 Å². The van der Waals surface area contributed by atoms with Crippen molar-refractivity contribution in [3.05, 3.63) is 39.1 Å². The topological polar surface area (TPSA) is 55.7 Å². The fourth-order valence-corrected chi connectivity index (χ4v) is 2.51. The van der Waals surface area contributed by atoms with E-state index in [-0.39, 0.29) is 18.1 Å². The van der Waals surface area contributed by atoms with Gasteiger partial charge in [0.25, 0.3) is 0 Å². The van der Waals surface area contributed by atoms with Crippen molar-refractivity contribution < 1.29 is 4.79 Å². The lowest BCUT2D eigenvalue weighted by atomic mass is 10.1. The molecule has 0 atom stereocenters. The first kappa shape index (κ1) is 13.3. The molecule has 6 heteroatoms. The molecule has 2 rings (SSSR count). The third kappa shape index (κ3) is 3.00. The summed E-state index contributed by atoms with van der Waals surface area (Å²) in [6.45, 7) is 4.01. The molecule has 94 valence electrons. The standard InChI is InChI=1S/C12H12BrN3OS/c1-7(2)11-12(18-16-15-11)10(17)5-9-4-3-8(13)6-14-9/h3-4,6-7H,5H2,1-2H3. The van der Waals surface area contributed by atoms with Gasteiger partial charge in [-0.25, -0.2) is 0 Å². The monoisotopic (exact) mass is 325 g/mol. The van der Waals surface area contributed by atoms with Gasteiger partial charge in [-0.15, -0.1) is 5.10 Å². The molecule has 0 spiro atoms. The first-order chi connectivity index (χ1) is 8.58. The van der Waals surface area contributed by atoms with Crippen LogP contribution in [0.5, 0.6) is 0 Å². The van der Waals surface area contributed by atoms with Crippen LogP contribution in [0.4, 0.5) is 0 Å². The van der Waals surface area contributed by atoms with Crippen molar-refractivity contribution >= 4 is 33.2 Å². The number of aromatic nitrogens is 3. The van der Waals surface area contributed by atoms with Gasteiger partial charge in [-0.1, -0.05) is 18.3 Å². The molecule has 4 nitrogen and oxygen atoms in total. The smallest absolute Gasteiger partial charge is 0.182 e. The molecule has 2 aromatic heterocycles. The Morgan fingerprint density at radius 1 is 1.44 bits per heavy atom. The highest BCUT2D eigenvalue weighted by Gasteiger charge is 2.19. The maximum Gasteiger partial charge on any atom is 0.182 e. The van der Waals surface area contributed by atoms with Gasteiger partial charge in [-0.2, -0.15) is 0 Å². The van der Waals surface area contributed by atoms with Gasteiger partial charge in [0.05, 0.1) is 12.1 Å². The summed E-state index contributed by atoms with van der Waals surface area (Å²) < 4.78 is 4.77. The molecule has 0 bridgehead atoms. The summed E-state index contributed by atoms with van der Waals surface area (Å²) in [5, 5.41) is 4.01. The van der Waals surface area contributed by atoms with Crippen molar-refractivity contribution in [1.29, 1.82) is 0 Å². The number of ketones is 1. The van der Waals surface area contributed by atoms with Crippen molar-refractivity contribution in [2.75, 3.05) is 0 Å². The van der Waals surface area contributed by atoms with Crippen molar-refractivity contribution in [2.24, 2.45) is 0 Å². The van der Waals surface area contributed by atoms with Gasteiger partial charge in [0.15, 0.2) is 5.78 Å². The second kappa shape index (κ2) is 5.67. The van der Waals surface area contributed by atoms with E-state index in [4.69, 9.17) is 0 Å². The zero-order valence-corrected chi connectivity index (χ0v) is 12.5. The Hall–Kier alpha value is -1.14. The molecule has 18 heavy (non-hydrogen) atoms. The average Bonchev–Trinajstić information content (AvgIpc) is 2.81. The predicted molar refractivity (Wildman–Crippen MR) is 74.0 cm³/mol. The molecule has 0 aliphatic rings. The molecule has 0 radical (unpaired) electrons. The summed E-state index contributed by atoms with van der Waals surface area (Å²) >= 11 is 4.48. The Balaban J connectivity index is 2.17. The fraction of sp³-hybridized carbons (Fsp3) is 0.333. The molecular weight excluding hydrogens is 314 g/mol. The molecule has 2 aromatic rings. The molecule has 0 fully saturated rings. The fourth-order valence-electron chi connectivity index (χ4n) is 1.52. The summed E-state index contributed by atoms with van der Waals surface area (Å²) in [6, 6.07) is 3.72. The van der Waals surface area contributed by atoms with Crippen LogP contribution in [0.3, 0.4) is 0 Å². The number of hydrogen-bond donors (Lipinski definition) is 0. The van der Waals surface area contributed by atoms with Crippen LogP contribution in [0.2, 0.25) is 0 Å². The molecule has 0 aliphatic heterocycles. The summed E-state index contributed by atoms with van der Waals surface area (Å²) in [7, 11) is 0. The van der Waals surface area contributed by atoms with E-state index in [1.807, 2.05) is 26.0 Å². The van der Waals surface area contributed by atoms with E-state index in [1.165, 1.54) is 0 Å². The van der Waals surface area contributed by atoms with Crippen LogP contribution in [-0.4, -0.2) is 20.4 Å². The molecule has 0 amide bonds. The normalized spacial score (nSPS) is 10.9. The summed E-state index contributed by atoms with van der Waals surface area (Å²) in [4.78, 5) is 17.0. The number of carbonyl (C=O) groups excluding carboxylic acids is 1. The number of halogens is 1. The van der Waals surface area contributed by atoms with Crippen molar-refractivity contribution in [1.82, 2.24) is 14.6 Å². The SMILES string of the molecule is CC(C)c1nnsc1C(=O)Cc1ccc(Br)cn1. The second-order valence-electron chi connectivity index (χ2n) is 4.21. The van der Waals surface area contributed by atoms with Gasteiger partial charge >= 0.3 is 0 Å². The largest absolute Gasteiger partial charge is 0.293 e. The third-order valence-corrected chi connectivity index (χ3v) is 3.70. The van der Waals surface area contributed by atoms with E-state index in [2.05, 4.69) is 30.5 Å². The summed E-state index contributed by atoms with van der Waals surface area (Å²) in [5.74, 6) is 0.240. The number of carbonyl (C=O) groups is 1. The number of rotatable bonds is 4. The van der Waals surface area contributed by atoms with Crippen LogP contribution in [0, 0.1) is 0 Å². The molecule has 0 aliphatic carbocycles. The van der Waals surface area contributed by atoms with Gasteiger partial charge in [0, 0.05) is 16.4 Å². The van der Waals surface area contributed by atoms with Gasteiger partial charge < -0.3 is 0 Å². The van der Waals surface area contributed by atoms with E-state index in [0.717, 1.165) is 27.4 Å². The average molecular weight is 326 g/mol. The van der Waals surface area contributed by atoms with Crippen LogP contribution in [0.25, 0.3) is 0 Å². The number of hydrogen-bond acceptors (Lipinski definition) is 5. The molecule has 0 saturated carbocycles. The summed E-state index contributed by atoms with van der Waals surface area (Å²) in [6.07, 6.45) is 1.98. The Morgan fingerprint density at radius 2 is 2.22 bits per heavy atom. The van der Waals surface area contributed by atoms with Crippen LogP contribution in [-0.2, 0) is 6.42 Å². The Bertz CT molecular complexity index is 551. The van der Waals surface area contributed by atoms with Gasteiger partial charge in [0.1, 0.15) is 4.88 Å². The third-order valence-electron chi connectivity index (χ3n) is 2.44. The first-order valence-electron chi connectivity index (χ1n) is 5.54. The van der Waals surface area contributed by atoms with Crippen molar-refractivity contribution in [3.63, 3.8) is 0 Å². The highest BCUT2D eigenvalue weighted by atomic mass is 79.9. The highest BCUT2D eigenvalue weighted by molar-refractivity contribution is 9.10. The first-order valence-corrected chi connectivity index (χ1v) is 7.10. The zero-order chi connectivity index (χ0) is 13.1. The maximum atomic E-state index is 12.2. The molecule has 0 unspecified atom stereocenters. The quantitative estimate of drug-likeness (QED) is 0.810. The second-order valence-corrected chi connectivity index (χ2v) is 5.88. The van der Waals surface area contributed by atoms with Gasteiger partial charge in [-0.3, -0.25) is 9.78 Å². The summed E-state index contributed by atoms with van der Waals surface area (Å²) in [5.41, 5.74) is 1.54. The van der Waals surface area contributed by atoms with Crippen LogP contribution in [0.15, 0.2) is 22.8 Å². The van der Waals surface area contributed by atoms with Gasteiger partial charge in [-0.05, 0) is 45.5 Å². The Kier molecular flexibility index (Phi) is 4.19. The number of nitrogens with zero attached hydrogens (tertiary/aromatic N) is 3. The molecule has 0 aromatic carbocycles. The van der Waals surface area contributed by atoms with Crippen molar-refractivity contribution in [2.45, 2.75) is 26.2 Å². The lowest BCUT2D eigenvalue weighted by Crippen LogP contribution is -2.07. The minimum atomic E-state index is 0.0310. The zero-order valence-electron chi connectivity index (χ0n) is 10.1. The number of pyridine rings is 1. The molecular formula is C12H12BrN3OS. The van der Waals surface area contributed by atoms with E-state index >= 15 is 0 Å². The van der Waals surface area contributed by atoms with Crippen molar-refractivity contribution in [3.8, 4) is 0 Å². The van der Waals surface area contributed by atoms with Crippen LogP contribution >= 0.6 is 27.5 Å². The molecule has 0 N–H and O–H groups in total. The minimum Gasteiger partial charge on any atom is -0.293 e.